The number of pyridine rings is 1. The van der Waals surface area contributed by atoms with Crippen LogP contribution in [-0.4, -0.2) is 35.9 Å². The van der Waals surface area contributed by atoms with Crippen LogP contribution in [0.25, 0.3) is 0 Å². The van der Waals surface area contributed by atoms with E-state index in [1.54, 1.807) is 0 Å². The van der Waals surface area contributed by atoms with Crippen LogP contribution in [0.1, 0.15) is 42.9 Å². The van der Waals surface area contributed by atoms with E-state index in [0.717, 1.165) is 44.7 Å². The largest absolute Gasteiger partial charge is 0.356 e. The molecule has 0 spiro atoms. The first-order chi connectivity index (χ1) is 9.29. The van der Waals surface area contributed by atoms with Gasteiger partial charge in [-0.25, -0.2) is 4.98 Å². The van der Waals surface area contributed by atoms with Gasteiger partial charge in [-0.1, -0.05) is 0 Å². The van der Waals surface area contributed by atoms with Crippen LogP contribution in [0.4, 0.5) is 5.82 Å². The third-order valence-corrected chi connectivity index (χ3v) is 4.29. The summed E-state index contributed by atoms with van der Waals surface area (Å²) in [6, 6.07) is 2.45. The van der Waals surface area contributed by atoms with Crippen LogP contribution < -0.4 is 4.90 Å². The van der Waals surface area contributed by atoms with Gasteiger partial charge in [0.15, 0.2) is 0 Å². The van der Waals surface area contributed by atoms with Gasteiger partial charge in [0.2, 0.25) is 6.41 Å². The van der Waals surface area contributed by atoms with E-state index in [2.05, 4.69) is 22.9 Å². The average molecular weight is 259 g/mol. The first kappa shape index (κ1) is 12.5. The van der Waals surface area contributed by atoms with E-state index in [9.17, 15) is 4.79 Å². The minimum atomic E-state index is 0.233. The maximum atomic E-state index is 11.0. The molecule has 4 nitrogen and oxygen atoms in total. The smallest absolute Gasteiger partial charge is 0.210 e. The lowest BCUT2D eigenvalue weighted by atomic mass is 10.0. The second-order valence-electron chi connectivity index (χ2n) is 5.60. The number of carbonyl (C=O) groups is 1. The molecule has 2 aliphatic heterocycles. The summed E-state index contributed by atoms with van der Waals surface area (Å²) in [5.74, 6) is 1.12. The molecule has 102 valence electrons. The van der Waals surface area contributed by atoms with E-state index in [1.165, 1.54) is 24.0 Å². The van der Waals surface area contributed by atoms with Gasteiger partial charge < -0.3 is 9.80 Å². The van der Waals surface area contributed by atoms with Gasteiger partial charge in [0, 0.05) is 25.8 Å². The maximum absolute atomic E-state index is 11.0. The Labute approximate surface area is 114 Å². The summed E-state index contributed by atoms with van der Waals surface area (Å²) in [6.07, 6.45) is 7.63. The summed E-state index contributed by atoms with van der Waals surface area (Å²) in [5.41, 5.74) is 2.42. The standard InChI is InChI=1S/C15H21N3O/c1-12-9-13(14-5-4-8-18(14)11-19)10-16-15(12)17-6-2-3-7-17/h9-11,14H,2-8H2,1H3/t14-/m0/s1. The van der Waals surface area contributed by atoms with Crippen molar-refractivity contribution in [2.45, 2.75) is 38.6 Å². The molecule has 0 bridgehead atoms. The lowest BCUT2D eigenvalue weighted by molar-refractivity contribution is -0.118. The number of aryl methyl sites for hydroxylation is 1. The molecule has 2 saturated heterocycles. The summed E-state index contributed by atoms with van der Waals surface area (Å²) >= 11 is 0. The summed E-state index contributed by atoms with van der Waals surface area (Å²) in [7, 11) is 0. The fourth-order valence-electron chi connectivity index (χ4n) is 3.30. The topological polar surface area (TPSA) is 36.4 Å². The van der Waals surface area contributed by atoms with Gasteiger partial charge in [0.25, 0.3) is 0 Å². The van der Waals surface area contributed by atoms with Crippen molar-refractivity contribution in [3.05, 3.63) is 23.4 Å². The highest BCUT2D eigenvalue weighted by Crippen LogP contribution is 2.32. The van der Waals surface area contributed by atoms with Crippen LogP contribution in [0, 0.1) is 6.92 Å². The van der Waals surface area contributed by atoms with Crippen LogP contribution in [0.5, 0.6) is 0 Å². The zero-order chi connectivity index (χ0) is 13.2. The summed E-state index contributed by atoms with van der Waals surface area (Å²) in [6.45, 7) is 5.25. The van der Waals surface area contributed by atoms with Crippen molar-refractivity contribution in [2.75, 3.05) is 24.5 Å². The second-order valence-corrected chi connectivity index (χ2v) is 5.60. The highest BCUT2D eigenvalue weighted by Gasteiger charge is 2.25. The van der Waals surface area contributed by atoms with Gasteiger partial charge in [0.1, 0.15) is 5.82 Å². The quantitative estimate of drug-likeness (QED) is 0.781. The predicted octanol–water partition coefficient (Wildman–Crippen LogP) is 2.28. The fourth-order valence-corrected chi connectivity index (χ4v) is 3.30. The highest BCUT2D eigenvalue weighted by atomic mass is 16.1. The summed E-state index contributed by atoms with van der Waals surface area (Å²) in [4.78, 5) is 20.0. The van der Waals surface area contributed by atoms with E-state index in [4.69, 9.17) is 0 Å². The molecule has 0 aromatic carbocycles. The monoisotopic (exact) mass is 259 g/mol. The maximum Gasteiger partial charge on any atom is 0.210 e. The zero-order valence-electron chi connectivity index (χ0n) is 11.5. The Morgan fingerprint density at radius 3 is 2.74 bits per heavy atom. The van der Waals surface area contributed by atoms with Gasteiger partial charge in [-0.2, -0.15) is 0 Å². The normalized spacial score (nSPS) is 23.1. The number of likely N-dealkylation sites (tertiary alicyclic amines) is 1. The molecule has 4 heteroatoms. The van der Waals surface area contributed by atoms with Crippen molar-refractivity contribution in [3.8, 4) is 0 Å². The van der Waals surface area contributed by atoms with Gasteiger partial charge >= 0.3 is 0 Å². The SMILES string of the molecule is Cc1cc([C@@H]2CCCN2C=O)cnc1N1CCCC1. The Morgan fingerprint density at radius 1 is 1.26 bits per heavy atom. The predicted molar refractivity (Wildman–Crippen MR) is 75.2 cm³/mol. The lowest BCUT2D eigenvalue weighted by Crippen LogP contribution is -2.23. The van der Waals surface area contributed by atoms with E-state index in [0.29, 0.717) is 0 Å². The summed E-state index contributed by atoms with van der Waals surface area (Å²) in [5, 5.41) is 0. The number of hydrogen-bond donors (Lipinski definition) is 0. The number of carbonyl (C=O) groups excluding carboxylic acids is 1. The molecule has 0 radical (unpaired) electrons. The number of nitrogens with zero attached hydrogens (tertiary/aromatic N) is 3. The van der Waals surface area contributed by atoms with Crippen LogP contribution in [0.2, 0.25) is 0 Å². The van der Waals surface area contributed by atoms with Gasteiger partial charge in [-0.05, 0) is 49.8 Å². The van der Waals surface area contributed by atoms with Gasteiger partial charge in [-0.3, -0.25) is 4.79 Å². The van der Waals surface area contributed by atoms with Crippen LogP contribution >= 0.6 is 0 Å². The van der Waals surface area contributed by atoms with E-state index in [1.807, 2.05) is 11.1 Å². The second kappa shape index (κ2) is 5.19. The van der Waals surface area contributed by atoms with E-state index >= 15 is 0 Å². The number of rotatable bonds is 3. The molecular formula is C15H21N3O. The number of hydrogen-bond acceptors (Lipinski definition) is 3. The first-order valence-electron chi connectivity index (χ1n) is 7.22. The van der Waals surface area contributed by atoms with Crippen molar-refractivity contribution in [1.82, 2.24) is 9.88 Å². The average Bonchev–Trinajstić information content (AvgIpc) is 3.09. The Bertz CT molecular complexity index is 468. The van der Waals surface area contributed by atoms with E-state index in [-0.39, 0.29) is 6.04 Å². The lowest BCUT2D eigenvalue weighted by Gasteiger charge is -2.23. The Kier molecular flexibility index (Phi) is 3.40. The Morgan fingerprint density at radius 2 is 2.05 bits per heavy atom. The molecule has 3 rings (SSSR count). The third kappa shape index (κ3) is 2.31. The molecule has 3 heterocycles. The number of aromatic nitrogens is 1. The van der Waals surface area contributed by atoms with E-state index < -0.39 is 0 Å². The number of amides is 1. The molecule has 1 amide bonds. The molecule has 1 aromatic heterocycles. The molecule has 19 heavy (non-hydrogen) atoms. The number of anilines is 1. The zero-order valence-corrected chi connectivity index (χ0v) is 11.5. The molecule has 0 N–H and O–H groups in total. The molecule has 0 aliphatic carbocycles. The molecule has 0 saturated carbocycles. The third-order valence-electron chi connectivity index (χ3n) is 4.29. The summed E-state index contributed by atoms with van der Waals surface area (Å²) < 4.78 is 0. The first-order valence-corrected chi connectivity index (χ1v) is 7.22. The van der Waals surface area contributed by atoms with Crippen LogP contribution in [-0.2, 0) is 4.79 Å². The minimum Gasteiger partial charge on any atom is -0.356 e. The molecule has 0 unspecified atom stereocenters. The Hall–Kier alpha value is -1.58. The van der Waals surface area contributed by atoms with Gasteiger partial charge in [-0.15, -0.1) is 0 Å². The highest BCUT2D eigenvalue weighted by molar-refractivity contribution is 5.52. The molecule has 1 atom stereocenters. The molecule has 1 aromatic rings. The van der Waals surface area contributed by atoms with Crippen molar-refractivity contribution in [2.24, 2.45) is 0 Å². The van der Waals surface area contributed by atoms with Crippen molar-refractivity contribution >= 4 is 12.2 Å². The van der Waals surface area contributed by atoms with Crippen molar-refractivity contribution in [3.63, 3.8) is 0 Å². The Balaban J connectivity index is 1.84. The van der Waals surface area contributed by atoms with Crippen LogP contribution in [0.15, 0.2) is 12.3 Å². The molecule has 2 aliphatic rings. The van der Waals surface area contributed by atoms with Gasteiger partial charge in [0.05, 0.1) is 6.04 Å². The minimum absolute atomic E-state index is 0.233. The fraction of sp³-hybridized carbons (Fsp3) is 0.600. The molecule has 2 fully saturated rings. The van der Waals surface area contributed by atoms with Crippen molar-refractivity contribution < 1.29 is 4.79 Å². The molecular weight excluding hydrogens is 238 g/mol. The van der Waals surface area contributed by atoms with Crippen LogP contribution in [0.3, 0.4) is 0 Å². The van der Waals surface area contributed by atoms with Crippen molar-refractivity contribution in [1.29, 1.82) is 0 Å².